The number of nitrogens with zero attached hydrogens (tertiary/aromatic N) is 2. The number of fused-ring (bicyclic) bond motifs is 3. The van der Waals surface area contributed by atoms with Gasteiger partial charge in [-0.15, -0.1) is 0 Å². The van der Waals surface area contributed by atoms with Crippen LogP contribution >= 0.6 is 0 Å². The van der Waals surface area contributed by atoms with Crippen molar-refractivity contribution < 1.29 is 9.47 Å². The van der Waals surface area contributed by atoms with E-state index < -0.39 is 0 Å². The van der Waals surface area contributed by atoms with Gasteiger partial charge in [-0.1, -0.05) is 0 Å². The maximum absolute atomic E-state index is 5.91. The van der Waals surface area contributed by atoms with Gasteiger partial charge in [0.05, 0.1) is 19.8 Å². The highest BCUT2D eigenvalue weighted by molar-refractivity contribution is 5.75. The van der Waals surface area contributed by atoms with Crippen LogP contribution in [0.4, 0.5) is 17.1 Å². The SMILES string of the molecule is CCOc1ncccc1Nc1cc2c3c(c1)[C@@H]1CNCC[C@@H]1N3CCOC2. The maximum atomic E-state index is 5.91. The number of piperidine rings is 1. The average molecular weight is 366 g/mol. The molecule has 1 aromatic heterocycles. The van der Waals surface area contributed by atoms with Gasteiger partial charge in [-0.05, 0) is 49.7 Å². The van der Waals surface area contributed by atoms with Gasteiger partial charge in [-0.2, -0.15) is 0 Å². The molecule has 1 fully saturated rings. The van der Waals surface area contributed by atoms with E-state index in [-0.39, 0.29) is 0 Å². The van der Waals surface area contributed by atoms with E-state index in [9.17, 15) is 0 Å². The van der Waals surface area contributed by atoms with Gasteiger partial charge in [-0.25, -0.2) is 4.98 Å². The zero-order valence-corrected chi connectivity index (χ0v) is 15.7. The van der Waals surface area contributed by atoms with E-state index in [1.165, 1.54) is 23.2 Å². The van der Waals surface area contributed by atoms with Gasteiger partial charge < -0.3 is 25.0 Å². The summed E-state index contributed by atoms with van der Waals surface area (Å²) in [6, 6.07) is 9.08. The number of ether oxygens (including phenoxy) is 2. The van der Waals surface area contributed by atoms with Gasteiger partial charge in [-0.3, -0.25) is 0 Å². The van der Waals surface area contributed by atoms with Gasteiger partial charge in [0.1, 0.15) is 5.69 Å². The van der Waals surface area contributed by atoms with Gasteiger partial charge in [0, 0.05) is 48.2 Å². The minimum atomic E-state index is 0.549. The molecule has 2 N–H and O–H groups in total. The molecule has 3 aliphatic heterocycles. The Kier molecular flexibility index (Phi) is 4.38. The molecule has 3 aliphatic rings. The molecule has 27 heavy (non-hydrogen) atoms. The molecule has 0 radical (unpaired) electrons. The van der Waals surface area contributed by atoms with Gasteiger partial charge in [0.25, 0.3) is 0 Å². The summed E-state index contributed by atoms with van der Waals surface area (Å²) in [7, 11) is 0. The van der Waals surface area contributed by atoms with Crippen LogP contribution < -0.4 is 20.3 Å². The predicted molar refractivity (Wildman–Crippen MR) is 106 cm³/mol. The highest BCUT2D eigenvalue weighted by Crippen LogP contribution is 2.47. The molecule has 0 spiro atoms. The summed E-state index contributed by atoms with van der Waals surface area (Å²) in [4.78, 5) is 6.96. The molecule has 1 saturated heterocycles. The van der Waals surface area contributed by atoms with Crippen molar-refractivity contribution in [2.45, 2.75) is 31.9 Å². The summed E-state index contributed by atoms with van der Waals surface area (Å²) in [6.45, 7) is 7.18. The Labute approximate surface area is 159 Å². The highest BCUT2D eigenvalue weighted by Gasteiger charge is 2.41. The van der Waals surface area contributed by atoms with Crippen molar-refractivity contribution >= 4 is 17.1 Å². The molecular weight excluding hydrogens is 340 g/mol. The third-order valence-electron chi connectivity index (χ3n) is 5.82. The smallest absolute Gasteiger partial charge is 0.237 e. The first-order valence-electron chi connectivity index (χ1n) is 9.92. The molecular formula is C21H26N4O2. The van der Waals surface area contributed by atoms with Crippen LogP contribution in [-0.4, -0.2) is 43.9 Å². The van der Waals surface area contributed by atoms with Crippen LogP contribution in [0, 0.1) is 0 Å². The second-order valence-corrected chi connectivity index (χ2v) is 7.40. The zero-order chi connectivity index (χ0) is 18.2. The lowest BCUT2D eigenvalue weighted by Crippen LogP contribution is -2.44. The van der Waals surface area contributed by atoms with Crippen molar-refractivity contribution in [2.24, 2.45) is 0 Å². The number of rotatable bonds is 4. The molecule has 6 heteroatoms. The molecule has 0 aliphatic carbocycles. The molecule has 0 saturated carbocycles. The molecule has 4 heterocycles. The van der Waals surface area contributed by atoms with Crippen LogP contribution in [0.1, 0.15) is 30.4 Å². The quantitative estimate of drug-likeness (QED) is 0.868. The Morgan fingerprint density at radius 1 is 1.41 bits per heavy atom. The molecule has 0 bridgehead atoms. The number of hydrogen-bond donors (Lipinski definition) is 2. The standard InChI is InChI=1S/C21H26N4O2/c1-2-27-21-18(4-3-6-23-21)24-15-10-14-13-26-9-8-25-19-5-7-22-12-17(19)16(11-15)20(14)25/h3-4,6,10-11,17,19,22,24H,2,5,7-9,12-13H2,1H3/t17-,19-/m0/s1. The fourth-order valence-electron chi connectivity index (χ4n) is 4.75. The van der Waals surface area contributed by atoms with Gasteiger partial charge in [0.15, 0.2) is 0 Å². The Bertz CT molecular complexity index is 841. The van der Waals surface area contributed by atoms with E-state index in [1.807, 2.05) is 19.1 Å². The molecule has 2 aromatic rings. The monoisotopic (exact) mass is 366 g/mol. The zero-order valence-electron chi connectivity index (χ0n) is 15.7. The topological polar surface area (TPSA) is 58.7 Å². The Balaban J connectivity index is 1.54. The third kappa shape index (κ3) is 2.93. The normalized spacial score (nSPS) is 23.4. The first-order valence-corrected chi connectivity index (χ1v) is 9.92. The van der Waals surface area contributed by atoms with E-state index >= 15 is 0 Å². The highest BCUT2D eigenvalue weighted by atomic mass is 16.5. The number of pyridine rings is 1. The van der Waals surface area contributed by atoms with Crippen LogP contribution in [0.3, 0.4) is 0 Å². The second kappa shape index (κ2) is 7.02. The third-order valence-corrected chi connectivity index (χ3v) is 5.82. The largest absolute Gasteiger partial charge is 0.476 e. The molecule has 6 nitrogen and oxygen atoms in total. The van der Waals surface area contributed by atoms with Crippen LogP contribution in [0.15, 0.2) is 30.5 Å². The van der Waals surface area contributed by atoms with Crippen molar-refractivity contribution in [3.05, 3.63) is 41.6 Å². The van der Waals surface area contributed by atoms with E-state index in [1.54, 1.807) is 6.20 Å². The average Bonchev–Trinajstić information content (AvgIpc) is 2.85. The summed E-state index contributed by atoms with van der Waals surface area (Å²) >= 11 is 0. The number of nitrogens with one attached hydrogen (secondary N) is 2. The lowest BCUT2D eigenvalue weighted by molar-refractivity contribution is 0.130. The molecule has 0 amide bonds. The second-order valence-electron chi connectivity index (χ2n) is 7.40. The van der Waals surface area contributed by atoms with Crippen LogP contribution in [0.25, 0.3) is 0 Å². The fraction of sp³-hybridized carbons (Fsp3) is 0.476. The lowest BCUT2D eigenvalue weighted by Gasteiger charge is -2.33. The summed E-state index contributed by atoms with van der Waals surface area (Å²) in [5.41, 5.74) is 6.11. The first-order chi connectivity index (χ1) is 13.3. The van der Waals surface area contributed by atoms with Crippen LogP contribution in [0.2, 0.25) is 0 Å². The summed E-state index contributed by atoms with van der Waals surface area (Å²) in [5, 5.41) is 7.12. The number of aromatic nitrogens is 1. The molecule has 1 aromatic carbocycles. The minimum absolute atomic E-state index is 0.549. The Morgan fingerprint density at radius 2 is 2.37 bits per heavy atom. The summed E-state index contributed by atoms with van der Waals surface area (Å²) in [5.74, 6) is 1.19. The Morgan fingerprint density at radius 3 is 3.30 bits per heavy atom. The fourth-order valence-corrected chi connectivity index (χ4v) is 4.75. The van der Waals surface area contributed by atoms with Crippen LogP contribution in [0.5, 0.6) is 5.88 Å². The summed E-state index contributed by atoms with van der Waals surface area (Å²) in [6.07, 6.45) is 2.95. The van der Waals surface area contributed by atoms with Crippen molar-refractivity contribution in [2.75, 3.05) is 43.1 Å². The van der Waals surface area contributed by atoms with E-state index in [0.29, 0.717) is 31.1 Å². The van der Waals surface area contributed by atoms with E-state index in [2.05, 4.69) is 32.7 Å². The van der Waals surface area contributed by atoms with Crippen molar-refractivity contribution in [1.29, 1.82) is 0 Å². The van der Waals surface area contributed by atoms with Crippen molar-refractivity contribution in [1.82, 2.24) is 10.3 Å². The predicted octanol–water partition coefficient (Wildman–Crippen LogP) is 3.02. The Hall–Kier alpha value is -2.31. The summed E-state index contributed by atoms with van der Waals surface area (Å²) < 4.78 is 11.6. The molecule has 142 valence electrons. The number of benzene rings is 1. The van der Waals surface area contributed by atoms with Crippen LogP contribution in [-0.2, 0) is 11.3 Å². The van der Waals surface area contributed by atoms with E-state index in [4.69, 9.17) is 9.47 Å². The maximum Gasteiger partial charge on any atom is 0.237 e. The lowest BCUT2D eigenvalue weighted by atomic mass is 9.89. The number of hydrogen-bond acceptors (Lipinski definition) is 6. The molecule has 0 unspecified atom stereocenters. The first kappa shape index (κ1) is 16.8. The van der Waals surface area contributed by atoms with E-state index in [0.717, 1.165) is 37.6 Å². The minimum Gasteiger partial charge on any atom is -0.476 e. The molecule has 2 atom stereocenters. The van der Waals surface area contributed by atoms with Crippen molar-refractivity contribution in [3.63, 3.8) is 0 Å². The van der Waals surface area contributed by atoms with Crippen molar-refractivity contribution in [3.8, 4) is 5.88 Å². The molecule has 5 rings (SSSR count). The van der Waals surface area contributed by atoms with Gasteiger partial charge in [0.2, 0.25) is 5.88 Å². The van der Waals surface area contributed by atoms with Gasteiger partial charge >= 0.3 is 0 Å². The number of anilines is 3.